The molecule has 7 nitrogen and oxygen atoms in total. The Morgan fingerprint density at radius 1 is 1.58 bits per heavy atom. The standard InChI is InChI=1S/C12H16N4O3/c1-3-16(2)12(18)15-8-5-9-10(4-7(8)13)19-6-11(17)14-9/h4-5H,3,6,13H2,1-2H3,(H,14,17)(H,15,18). The van der Waals surface area contributed by atoms with E-state index in [0.29, 0.717) is 29.4 Å². The van der Waals surface area contributed by atoms with Crippen LogP contribution in [-0.2, 0) is 4.79 Å². The molecule has 0 radical (unpaired) electrons. The number of hydrogen-bond acceptors (Lipinski definition) is 4. The lowest BCUT2D eigenvalue weighted by Crippen LogP contribution is -2.31. The van der Waals surface area contributed by atoms with Crippen LogP contribution in [0.2, 0.25) is 0 Å². The molecule has 1 aliphatic heterocycles. The summed E-state index contributed by atoms with van der Waals surface area (Å²) in [6.45, 7) is 2.41. The van der Waals surface area contributed by atoms with Crippen LogP contribution >= 0.6 is 0 Å². The number of carbonyl (C=O) groups is 2. The van der Waals surface area contributed by atoms with Gasteiger partial charge in [-0.2, -0.15) is 0 Å². The van der Waals surface area contributed by atoms with Gasteiger partial charge in [0.25, 0.3) is 5.91 Å². The van der Waals surface area contributed by atoms with Crippen LogP contribution in [0, 0.1) is 0 Å². The summed E-state index contributed by atoms with van der Waals surface area (Å²) in [6, 6.07) is 2.90. The molecule has 0 aliphatic carbocycles. The van der Waals surface area contributed by atoms with E-state index in [-0.39, 0.29) is 18.5 Å². The van der Waals surface area contributed by atoms with Gasteiger partial charge in [-0.05, 0) is 13.0 Å². The van der Waals surface area contributed by atoms with Crippen LogP contribution in [0.1, 0.15) is 6.92 Å². The Kier molecular flexibility index (Phi) is 3.46. The van der Waals surface area contributed by atoms with Gasteiger partial charge < -0.3 is 26.0 Å². The molecule has 1 aliphatic rings. The van der Waals surface area contributed by atoms with E-state index in [1.807, 2.05) is 6.92 Å². The second-order valence-electron chi connectivity index (χ2n) is 4.22. The first-order chi connectivity index (χ1) is 9.01. The van der Waals surface area contributed by atoms with Gasteiger partial charge in [0, 0.05) is 19.7 Å². The second-order valence-corrected chi connectivity index (χ2v) is 4.22. The van der Waals surface area contributed by atoms with Crippen LogP contribution in [0.25, 0.3) is 0 Å². The number of ether oxygens (including phenoxy) is 1. The second kappa shape index (κ2) is 5.05. The third-order valence-electron chi connectivity index (χ3n) is 2.85. The van der Waals surface area contributed by atoms with Crippen molar-refractivity contribution < 1.29 is 14.3 Å². The smallest absolute Gasteiger partial charge is 0.321 e. The monoisotopic (exact) mass is 264 g/mol. The first-order valence-electron chi connectivity index (χ1n) is 5.89. The molecule has 0 aromatic heterocycles. The molecule has 102 valence electrons. The molecule has 0 atom stereocenters. The molecule has 0 fully saturated rings. The lowest BCUT2D eigenvalue weighted by molar-refractivity contribution is -0.118. The Hall–Kier alpha value is -2.44. The molecule has 0 bridgehead atoms. The Morgan fingerprint density at radius 2 is 2.32 bits per heavy atom. The van der Waals surface area contributed by atoms with Crippen LogP contribution in [0.15, 0.2) is 12.1 Å². The number of nitrogens with two attached hydrogens (primary N) is 1. The van der Waals surface area contributed by atoms with E-state index in [2.05, 4.69) is 10.6 Å². The average Bonchev–Trinajstić information content (AvgIpc) is 2.39. The molecule has 0 unspecified atom stereocenters. The molecule has 2 rings (SSSR count). The fourth-order valence-corrected chi connectivity index (χ4v) is 1.60. The van der Waals surface area contributed by atoms with Crippen molar-refractivity contribution in [2.45, 2.75) is 6.92 Å². The van der Waals surface area contributed by atoms with Crippen molar-refractivity contribution in [2.75, 3.05) is 36.6 Å². The summed E-state index contributed by atoms with van der Waals surface area (Å²) in [7, 11) is 1.68. The van der Waals surface area contributed by atoms with Crippen LogP contribution < -0.4 is 21.1 Å². The molecule has 19 heavy (non-hydrogen) atoms. The number of nitrogens with one attached hydrogen (secondary N) is 2. The summed E-state index contributed by atoms with van der Waals surface area (Å²) < 4.78 is 5.23. The molecule has 3 amide bonds. The lowest BCUT2D eigenvalue weighted by Gasteiger charge is -2.21. The minimum atomic E-state index is -0.266. The molecule has 1 aromatic rings. The normalized spacial score (nSPS) is 13.1. The van der Waals surface area contributed by atoms with Gasteiger partial charge in [-0.25, -0.2) is 4.79 Å². The number of amides is 3. The number of hydrogen-bond donors (Lipinski definition) is 3. The fourth-order valence-electron chi connectivity index (χ4n) is 1.60. The maximum Gasteiger partial charge on any atom is 0.321 e. The van der Waals surface area contributed by atoms with Gasteiger partial charge in [0.05, 0.1) is 17.1 Å². The molecule has 0 saturated carbocycles. The van der Waals surface area contributed by atoms with E-state index in [4.69, 9.17) is 10.5 Å². The number of anilines is 3. The van der Waals surface area contributed by atoms with Crippen molar-refractivity contribution in [1.82, 2.24) is 4.90 Å². The summed E-state index contributed by atoms with van der Waals surface area (Å²) in [4.78, 5) is 24.5. The molecular formula is C12H16N4O3. The predicted octanol–water partition coefficient (Wildman–Crippen LogP) is 1.08. The van der Waals surface area contributed by atoms with Gasteiger partial charge >= 0.3 is 6.03 Å². The van der Waals surface area contributed by atoms with Crippen molar-refractivity contribution in [3.8, 4) is 5.75 Å². The third kappa shape index (κ3) is 2.70. The predicted molar refractivity (Wildman–Crippen MR) is 72.3 cm³/mol. The van der Waals surface area contributed by atoms with E-state index in [9.17, 15) is 9.59 Å². The first-order valence-corrected chi connectivity index (χ1v) is 5.89. The Labute approximate surface area is 110 Å². The van der Waals surface area contributed by atoms with Crippen molar-refractivity contribution in [2.24, 2.45) is 0 Å². The quantitative estimate of drug-likeness (QED) is 0.696. The van der Waals surface area contributed by atoms with Crippen molar-refractivity contribution in [3.63, 3.8) is 0 Å². The largest absolute Gasteiger partial charge is 0.482 e. The van der Waals surface area contributed by atoms with Crippen LogP contribution in [-0.4, -0.2) is 37.0 Å². The van der Waals surface area contributed by atoms with Crippen molar-refractivity contribution in [1.29, 1.82) is 0 Å². The van der Waals surface area contributed by atoms with E-state index in [0.717, 1.165) is 0 Å². The highest BCUT2D eigenvalue weighted by atomic mass is 16.5. The summed E-state index contributed by atoms with van der Waals surface area (Å²) >= 11 is 0. The zero-order valence-electron chi connectivity index (χ0n) is 10.8. The van der Waals surface area contributed by atoms with Crippen LogP contribution in [0.5, 0.6) is 5.75 Å². The van der Waals surface area contributed by atoms with E-state index < -0.39 is 0 Å². The summed E-state index contributed by atoms with van der Waals surface area (Å²) in [6.07, 6.45) is 0. The Balaban J connectivity index is 2.24. The lowest BCUT2D eigenvalue weighted by atomic mass is 10.2. The highest BCUT2D eigenvalue weighted by Gasteiger charge is 2.19. The molecule has 7 heteroatoms. The Bertz CT molecular complexity index is 530. The minimum absolute atomic E-state index is 0.0310. The number of nitrogens with zero attached hydrogens (tertiary/aromatic N) is 1. The maximum atomic E-state index is 11.8. The number of benzene rings is 1. The number of nitrogen functional groups attached to an aromatic ring is 1. The van der Waals surface area contributed by atoms with Crippen LogP contribution in [0.3, 0.4) is 0 Å². The number of fused-ring (bicyclic) bond motifs is 1. The third-order valence-corrected chi connectivity index (χ3v) is 2.85. The van der Waals surface area contributed by atoms with E-state index >= 15 is 0 Å². The minimum Gasteiger partial charge on any atom is -0.482 e. The van der Waals surface area contributed by atoms with Gasteiger partial charge in [0.1, 0.15) is 5.75 Å². The molecule has 1 heterocycles. The fraction of sp³-hybridized carbons (Fsp3) is 0.333. The summed E-state index contributed by atoms with van der Waals surface area (Å²) in [5.41, 5.74) is 7.16. The zero-order valence-corrected chi connectivity index (χ0v) is 10.8. The average molecular weight is 264 g/mol. The zero-order chi connectivity index (χ0) is 14.0. The SMILES string of the molecule is CCN(C)C(=O)Nc1cc2c(cc1N)OCC(=O)N2. The molecule has 0 saturated heterocycles. The first kappa shape index (κ1) is 13.0. The topological polar surface area (TPSA) is 96.7 Å². The van der Waals surface area contributed by atoms with Crippen LogP contribution in [0.4, 0.5) is 21.9 Å². The van der Waals surface area contributed by atoms with E-state index in [1.165, 1.54) is 4.90 Å². The molecule has 0 spiro atoms. The summed E-state index contributed by atoms with van der Waals surface area (Å²) in [5, 5.41) is 5.34. The highest BCUT2D eigenvalue weighted by Crippen LogP contribution is 2.35. The van der Waals surface area contributed by atoms with E-state index in [1.54, 1.807) is 19.2 Å². The van der Waals surface area contributed by atoms with Crippen molar-refractivity contribution in [3.05, 3.63) is 12.1 Å². The molecule has 1 aromatic carbocycles. The van der Waals surface area contributed by atoms with Gasteiger partial charge in [-0.3, -0.25) is 4.79 Å². The van der Waals surface area contributed by atoms with Gasteiger partial charge in [0.15, 0.2) is 6.61 Å². The highest BCUT2D eigenvalue weighted by molar-refractivity contribution is 5.99. The number of urea groups is 1. The number of carbonyl (C=O) groups excluding carboxylic acids is 2. The number of rotatable bonds is 2. The molecular weight excluding hydrogens is 248 g/mol. The van der Waals surface area contributed by atoms with Gasteiger partial charge in [0.2, 0.25) is 0 Å². The van der Waals surface area contributed by atoms with Gasteiger partial charge in [-0.1, -0.05) is 0 Å². The van der Waals surface area contributed by atoms with Crippen molar-refractivity contribution >= 4 is 29.0 Å². The maximum absolute atomic E-state index is 11.8. The van der Waals surface area contributed by atoms with Gasteiger partial charge in [-0.15, -0.1) is 0 Å². The summed E-state index contributed by atoms with van der Waals surface area (Å²) in [5.74, 6) is 0.263. The molecule has 4 N–H and O–H groups in total. The Morgan fingerprint density at radius 3 is 3.00 bits per heavy atom.